The molecule has 1 amide bonds. The minimum Gasteiger partial charge on any atom is -0.361 e. The molecule has 0 fully saturated rings. The van der Waals surface area contributed by atoms with Crippen LogP contribution in [0.25, 0.3) is 10.2 Å². The van der Waals surface area contributed by atoms with Gasteiger partial charge in [0.1, 0.15) is 10.8 Å². The van der Waals surface area contributed by atoms with Gasteiger partial charge in [0, 0.05) is 23.2 Å². The highest BCUT2D eigenvalue weighted by Gasteiger charge is 2.24. The maximum absolute atomic E-state index is 12.9. The molecule has 3 heterocycles. The Bertz CT molecular complexity index is 1100. The predicted molar refractivity (Wildman–Crippen MR) is 108 cm³/mol. The Labute approximate surface area is 166 Å². The van der Waals surface area contributed by atoms with Crippen molar-refractivity contribution < 1.29 is 9.32 Å². The Morgan fingerprint density at radius 2 is 2.04 bits per heavy atom. The minimum absolute atomic E-state index is 0.229. The summed E-state index contributed by atoms with van der Waals surface area (Å²) in [5.74, 6) is 0.371. The first-order valence-electron chi connectivity index (χ1n) is 9.06. The molecule has 1 atom stereocenters. The standard InChI is InChI=1S/C20H21N5O2S/c1-10-14(11(2)24-23-10)9-15-13(4)27-25-18(15)19(26)21-12(3)20-22-16-7-5-6-8-17(16)28-20/h5-8,12H,9H2,1-4H3,(H,21,26)(H,23,24)/t12-/m1/s1. The first kappa shape index (κ1) is 18.4. The van der Waals surface area contributed by atoms with E-state index in [0.717, 1.165) is 37.7 Å². The fourth-order valence-corrected chi connectivity index (χ4v) is 4.16. The molecule has 0 radical (unpaired) electrons. The molecule has 8 heteroatoms. The van der Waals surface area contributed by atoms with E-state index in [1.807, 2.05) is 52.0 Å². The Morgan fingerprint density at radius 1 is 1.25 bits per heavy atom. The van der Waals surface area contributed by atoms with Crippen LogP contribution in [-0.4, -0.2) is 26.2 Å². The van der Waals surface area contributed by atoms with Crippen molar-refractivity contribution in [3.05, 3.63) is 63.2 Å². The summed E-state index contributed by atoms with van der Waals surface area (Å²) in [6.45, 7) is 7.65. The van der Waals surface area contributed by atoms with E-state index in [2.05, 4.69) is 25.7 Å². The van der Waals surface area contributed by atoms with Crippen LogP contribution in [0, 0.1) is 20.8 Å². The number of carbonyl (C=O) groups is 1. The van der Waals surface area contributed by atoms with Crippen molar-refractivity contribution in [2.24, 2.45) is 0 Å². The lowest BCUT2D eigenvalue weighted by Gasteiger charge is -2.10. The highest BCUT2D eigenvalue weighted by molar-refractivity contribution is 7.18. The summed E-state index contributed by atoms with van der Waals surface area (Å²) in [6.07, 6.45) is 0.543. The van der Waals surface area contributed by atoms with Crippen molar-refractivity contribution in [1.29, 1.82) is 0 Å². The number of nitrogens with zero attached hydrogens (tertiary/aromatic N) is 3. The number of amides is 1. The average molecular weight is 395 g/mol. The van der Waals surface area contributed by atoms with Crippen molar-refractivity contribution >= 4 is 27.5 Å². The van der Waals surface area contributed by atoms with E-state index < -0.39 is 0 Å². The van der Waals surface area contributed by atoms with Gasteiger partial charge in [-0.3, -0.25) is 9.89 Å². The number of carbonyl (C=O) groups excluding carboxylic acids is 1. The number of aromatic amines is 1. The molecule has 0 aliphatic rings. The van der Waals surface area contributed by atoms with Crippen LogP contribution >= 0.6 is 11.3 Å². The summed E-state index contributed by atoms with van der Waals surface area (Å²) >= 11 is 1.58. The molecule has 0 saturated heterocycles. The Morgan fingerprint density at radius 3 is 2.75 bits per heavy atom. The van der Waals surface area contributed by atoms with Crippen LogP contribution in [0.3, 0.4) is 0 Å². The molecule has 2 N–H and O–H groups in total. The monoisotopic (exact) mass is 395 g/mol. The normalized spacial score (nSPS) is 12.4. The zero-order valence-corrected chi connectivity index (χ0v) is 17.0. The molecular weight excluding hydrogens is 374 g/mol. The van der Waals surface area contributed by atoms with Gasteiger partial charge in [-0.25, -0.2) is 4.98 Å². The van der Waals surface area contributed by atoms with Crippen LogP contribution in [0.15, 0.2) is 28.8 Å². The first-order valence-corrected chi connectivity index (χ1v) is 9.87. The third-order valence-corrected chi connectivity index (χ3v) is 6.08. The second kappa shape index (κ2) is 7.20. The van der Waals surface area contributed by atoms with Gasteiger partial charge in [-0.2, -0.15) is 5.10 Å². The number of hydrogen-bond donors (Lipinski definition) is 2. The van der Waals surface area contributed by atoms with Crippen molar-refractivity contribution in [1.82, 2.24) is 25.7 Å². The van der Waals surface area contributed by atoms with Crippen LogP contribution in [-0.2, 0) is 6.42 Å². The summed E-state index contributed by atoms with van der Waals surface area (Å²) < 4.78 is 6.43. The van der Waals surface area contributed by atoms with Gasteiger partial charge in [-0.1, -0.05) is 17.3 Å². The molecule has 3 aromatic heterocycles. The molecule has 0 saturated carbocycles. The van der Waals surface area contributed by atoms with Gasteiger partial charge in [-0.05, 0) is 39.8 Å². The molecule has 7 nitrogen and oxygen atoms in total. The smallest absolute Gasteiger partial charge is 0.274 e. The summed E-state index contributed by atoms with van der Waals surface area (Å²) in [6, 6.07) is 7.71. The number of thiazole rings is 1. The molecule has 4 aromatic rings. The molecule has 144 valence electrons. The number of fused-ring (bicyclic) bond motifs is 1. The Kier molecular flexibility index (Phi) is 4.72. The second-order valence-corrected chi connectivity index (χ2v) is 7.93. The molecular formula is C20H21N5O2S. The van der Waals surface area contributed by atoms with E-state index in [1.165, 1.54) is 0 Å². The predicted octanol–water partition coefficient (Wildman–Crippen LogP) is 4.01. The van der Waals surface area contributed by atoms with E-state index in [4.69, 9.17) is 4.52 Å². The topological polar surface area (TPSA) is 96.7 Å². The number of H-pyrrole nitrogens is 1. The van der Waals surface area contributed by atoms with Gasteiger partial charge >= 0.3 is 0 Å². The summed E-state index contributed by atoms with van der Waals surface area (Å²) in [7, 11) is 0. The van der Waals surface area contributed by atoms with Crippen molar-refractivity contribution in [3.8, 4) is 0 Å². The minimum atomic E-state index is -0.266. The molecule has 4 rings (SSSR count). The second-order valence-electron chi connectivity index (χ2n) is 6.87. The maximum atomic E-state index is 12.9. The molecule has 0 unspecified atom stereocenters. The number of rotatable bonds is 5. The Balaban J connectivity index is 1.56. The SMILES string of the molecule is Cc1n[nH]c(C)c1Cc1c(C(=O)N[C@H](C)c2nc3ccccc3s2)noc1C. The number of aromatic nitrogens is 4. The number of benzene rings is 1. The van der Waals surface area contributed by atoms with Crippen molar-refractivity contribution in [3.63, 3.8) is 0 Å². The van der Waals surface area contributed by atoms with Gasteiger partial charge in [0.25, 0.3) is 5.91 Å². The van der Waals surface area contributed by atoms with Gasteiger partial charge in [0.05, 0.1) is 22.0 Å². The lowest BCUT2D eigenvalue weighted by atomic mass is 10.0. The van der Waals surface area contributed by atoms with Crippen LogP contribution in [0.1, 0.15) is 56.7 Å². The lowest BCUT2D eigenvalue weighted by Crippen LogP contribution is -2.27. The molecule has 0 spiro atoms. The summed E-state index contributed by atoms with van der Waals surface area (Å²) in [5, 5.41) is 15.1. The average Bonchev–Trinajstić information content (AvgIpc) is 3.35. The molecule has 0 bridgehead atoms. The van der Waals surface area contributed by atoms with E-state index in [1.54, 1.807) is 11.3 Å². The highest BCUT2D eigenvalue weighted by atomic mass is 32.1. The summed E-state index contributed by atoms with van der Waals surface area (Å²) in [4.78, 5) is 17.5. The van der Waals surface area contributed by atoms with Gasteiger partial charge in [0.2, 0.25) is 0 Å². The van der Waals surface area contributed by atoms with Crippen molar-refractivity contribution in [2.45, 2.75) is 40.2 Å². The zero-order chi connectivity index (χ0) is 19.8. The van der Waals surface area contributed by atoms with Crippen LogP contribution in [0.4, 0.5) is 0 Å². The Hall–Kier alpha value is -3.00. The van der Waals surface area contributed by atoms with Crippen molar-refractivity contribution in [2.75, 3.05) is 0 Å². The molecule has 1 aromatic carbocycles. The van der Waals surface area contributed by atoms with Crippen LogP contribution < -0.4 is 5.32 Å². The van der Waals surface area contributed by atoms with Gasteiger partial charge < -0.3 is 9.84 Å². The quantitative estimate of drug-likeness (QED) is 0.532. The third kappa shape index (κ3) is 3.31. The fraction of sp³-hybridized carbons (Fsp3) is 0.300. The van der Waals surface area contributed by atoms with E-state index in [0.29, 0.717) is 17.9 Å². The van der Waals surface area contributed by atoms with E-state index in [-0.39, 0.29) is 11.9 Å². The molecule has 0 aliphatic carbocycles. The van der Waals surface area contributed by atoms with Gasteiger partial charge in [-0.15, -0.1) is 11.3 Å². The van der Waals surface area contributed by atoms with E-state index >= 15 is 0 Å². The zero-order valence-electron chi connectivity index (χ0n) is 16.2. The highest BCUT2D eigenvalue weighted by Crippen LogP contribution is 2.27. The third-order valence-electron chi connectivity index (χ3n) is 4.86. The van der Waals surface area contributed by atoms with E-state index in [9.17, 15) is 4.79 Å². The number of aryl methyl sites for hydroxylation is 3. The van der Waals surface area contributed by atoms with Crippen LogP contribution in [0.5, 0.6) is 0 Å². The summed E-state index contributed by atoms with van der Waals surface area (Å²) in [5.41, 5.74) is 4.97. The first-order chi connectivity index (χ1) is 13.4. The number of nitrogens with one attached hydrogen (secondary N) is 2. The number of hydrogen-bond acceptors (Lipinski definition) is 6. The van der Waals surface area contributed by atoms with Crippen LogP contribution in [0.2, 0.25) is 0 Å². The maximum Gasteiger partial charge on any atom is 0.274 e. The van der Waals surface area contributed by atoms with Gasteiger partial charge in [0.15, 0.2) is 5.69 Å². The largest absolute Gasteiger partial charge is 0.361 e. The lowest BCUT2D eigenvalue weighted by molar-refractivity contribution is 0.0930. The molecule has 0 aliphatic heterocycles. The molecule has 28 heavy (non-hydrogen) atoms. The fourth-order valence-electron chi connectivity index (χ4n) is 3.19. The number of para-hydroxylation sites is 1.